The van der Waals surface area contributed by atoms with Crippen LogP contribution in [0.1, 0.15) is 5.56 Å². The molecule has 0 heterocycles. The van der Waals surface area contributed by atoms with Crippen molar-refractivity contribution in [2.24, 2.45) is 5.73 Å². The predicted octanol–water partition coefficient (Wildman–Crippen LogP) is 3.89. The molecule has 2 aromatic rings. The van der Waals surface area contributed by atoms with Gasteiger partial charge in [-0.2, -0.15) is 4.39 Å². The van der Waals surface area contributed by atoms with E-state index >= 15 is 0 Å². The van der Waals surface area contributed by atoms with Crippen molar-refractivity contribution in [1.82, 2.24) is 0 Å². The lowest BCUT2D eigenvalue weighted by molar-refractivity contribution is -0.387. The van der Waals surface area contributed by atoms with E-state index in [2.05, 4.69) is 15.9 Å². The first-order valence-electron chi connectivity index (χ1n) is 5.72. The van der Waals surface area contributed by atoms with Gasteiger partial charge in [0.25, 0.3) is 0 Å². The SMILES string of the molecule is NCc1cc(Br)ccc1Oc1cc(F)c([N+](=O)[O-])cc1F. The summed E-state index contributed by atoms with van der Waals surface area (Å²) in [5.74, 6) is -2.42. The first-order chi connectivity index (χ1) is 9.92. The van der Waals surface area contributed by atoms with Gasteiger partial charge in [-0.25, -0.2) is 4.39 Å². The van der Waals surface area contributed by atoms with Crippen molar-refractivity contribution in [3.63, 3.8) is 0 Å². The molecule has 0 amide bonds. The Kier molecular flexibility index (Phi) is 4.49. The molecule has 0 fully saturated rings. The molecule has 0 unspecified atom stereocenters. The number of hydrogen-bond donors (Lipinski definition) is 1. The number of ether oxygens (including phenoxy) is 1. The Morgan fingerprint density at radius 3 is 2.52 bits per heavy atom. The van der Waals surface area contributed by atoms with Crippen LogP contribution in [0.3, 0.4) is 0 Å². The molecule has 0 bridgehead atoms. The van der Waals surface area contributed by atoms with Crippen LogP contribution in [0.4, 0.5) is 14.5 Å². The Morgan fingerprint density at radius 2 is 1.90 bits per heavy atom. The average molecular weight is 359 g/mol. The van der Waals surface area contributed by atoms with E-state index < -0.39 is 28.0 Å². The van der Waals surface area contributed by atoms with Gasteiger partial charge >= 0.3 is 5.69 Å². The summed E-state index contributed by atoms with van der Waals surface area (Å²) in [4.78, 5) is 9.51. The van der Waals surface area contributed by atoms with E-state index in [9.17, 15) is 18.9 Å². The van der Waals surface area contributed by atoms with Gasteiger partial charge in [-0.05, 0) is 18.2 Å². The van der Waals surface area contributed by atoms with E-state index in [1.165, 1.54) is 6.07 Å². The fourth-order valence-corrected chi connectivity index (χ4v) is 2.07. The van der Waals surface area contributed by atoms with Crippen LogP contribution in [0.25, 0.3) is 0 Å². The zero-order valence-electron chi connectivity index (χ0n) is 10.5. The van der Waals surface area contributed by atoms with E-state index in [1.807, 2.05) is 0 Å². The quantitative estimate of drug-likeness (QED) is 0.664. The van der Waals surface area contributed by atoms with E-state index in [-0.39, 0.29) is 12.3 Å². The number of nitrogens with zero attached hydrogens (tertiary/aromatic N) is 1. The fraction of sp³-hybridized carbons (Fsp3) is 0.0769. The Bertz CT molecular complexity index is 710. The Hall–Kier alpha value is -2.06. The summed E-state index contributed by atoms with van der Waals surface area (Å²) >= 11 is 3.25. The molecular weight excluding hydrogens is 350 g/mol. The van der Waals surface area contributed by atoms with Gasteiger partial charge in [-0.1, -0.05) is 15.9 Å². The van der Waals surface area contributed by atoms with Gasteiger partial charge in [0.1, 0.15) is 5.75 Å². The minimum Gasteiger partial charge on any atom is -0.454 e. The third-order valence-corrected chi connectivity index (χ3v) is 3.15. The lowest BCUT2D eigenvalue weighted by Gasteiger charge is -2.11. The fourth-order valence-electron chi connectivity index (χ4n) is 1.66. The first kappa shape index (κ1) is 15.3. The molecule has 110 valence electrons. The minimum absolute atomic E-state index is 0.131. The molecular formula is C13H9BrF2N2O3. The summed E-state index contributed by atoms with van der Waals surface area (Å²) in [6, 6.07) is 5.97. The van der Waals surface area contributed by atoms with Crippen molar-refractivity contribution in [3.8, 4) is 11.5 Å². The summed E-state index contributed by atoms with van der Waals surface area (Å²) in [6.07, 6.45) is 0. The molecule has 0 radical (unpaired) electrons. The molecule has 0 aliphatic heterocycles. The molecule has 2 aromatic carbocycles. The third kappa shape index (κ3) is 3.34. The highest BCUT2D eigenvalue weighted by molar-refractivity contribution is 9.10. The maximum Gasteiger partial charge on any atom is 0.307 e. The molecule has 8 heteroatoms. The summed E-state index contributed by atoms with van der Waals surface area (Å²) in [6.45, 7) is 0.131. The van der Waals surface area contributed by atoms with Crippen LogP contribution in [-0.4, -0.2) is 4.92 Å². The lowest BCUT2D eigenvalue weighted by Crippen LogP contribution is -2.01. The molecule has 0 saturated heterocycles. The average Bonchev–Trinajstić information content (AvgIpc) is 2.43. The number of nitrogens with two attached hydrogens (primary N) is 1. The van der Waals surface area contributed by atoms with Crippen LogP contribution < -0.4 is 10.5 Å². The summed E-state index contributed by atoms with van der Waals surface area (Å²) in [5.41, 5.74) is 5.17. The van der Waals surface area contributed by atoms with Crippen LogP contribution >= 0.6 is 15.9 Å². The highest BCUT2D eigenvalue weighted by atomic mass is 79.9. The standard InChI is InChI=1S/C13H9BrF2N2O3/c14-8-1-2-12(7(3-8)6-17)21-13-5-9(15)11(18(19)20)4-10(13)16/h1-5H,6,17H2. The zero-order valence-corrected chi connectivity index (χ0v) is 12.1. The van der Waals surface area contributed by atoms with Gasteiger partial charge in [-0.15, -0.1) is 0 Å². The summed E-state index contributed by atoms with van der Waals surface area (Å²) in [7, 11) is 0. The summed E-state index contributed by atoms with van der Waals surface area (Å²) in [5, 5.41) is 10.5. The van der Waals surface area contributed by atoms with E-state index in [0.29, 0.717) is 17.7 Å². The molecule has 0 saturated carbocycles. The van der Waals surface area contributed by atoms with Crippen LogP contribution in [0.2, 0.25) is 0 Å². The Morgan fingerprint density at radius 1 is 1.19 bits per heavy atom. The van der Waals surface area contributed by atoms with Gasteiger partial charge in [0.2, 0.25) is 5.82 Å². The number of nitro groups is 1. The second-order valence-corrected chi connectivity index (χ2v) is 4.97. The predicted molar refractivity (Wildman–Crippen MR) is 75.1 cm³/mol. The topological polar surface area (TPSA) is 78.4 Å². The van der Waals surface area contributed by atoms with E-state index in [1.54, 1.807) is 12.1 Å². The maximum atomic E-state index is 13.8. The molecule has 2 N–H and O–H groups in total. The lowest BCUT2D eigenvalue weighted by atomic mass is 10.2. The van der Waals surface area contributed by atoms with Crippen LogP contribution in [0, 0.1) is 21.7 Å². The normalized spacial score (nSPS) is 10.5. The molecule has 5 nitrogen and oxygen atoms in total. The second-order valence-electron chi connectivity index (χ2n) is 4.05. The van der Waals surface area contributed by atoms with Gasteiger partial charge in [0.05, 0.1) is 11.0 Å². The van der Waals surface area contributed by atoms with Crippen molar-refractivity contribution in [2.75, 3.05) is 0 Å². The third-order valence-electron chi connectivity index (χ3n) is 2.66. The molecule has 0 atom stereocenters. The number of benzene rings is 2. The zero-order chi connectivity index (χ0) is 15.6. The van der Waals surface area contributed by atoms with Gasteiger partial charge in [0.15, 0.2) is 11.6 Å². The van der Waals surface area contributed by atoms with Crippen molar-refractivity contribution >= 4 is 21.6 Å². The van der Waals surface area contributed by atoms with E-state index in [0.717, 1.165) is 4.47 Å². The number of hydrogen-bond acceptors (Lipinski definition) is 4. The van der Waals surface area contributed by atoms with Crippen molar-refractivity contribution in [2.45, 2.75) is 6.54 Å². The minimum atomic E-state index is -1.18. The molecule has 21 heavy (non-hydrogen) atoms. The maximum absolute atomic E-state index is 13.8. The summed E-state index contributed by atoms with van der Waals surface area (Å²) < 4.78 is 33.3. The first-order valence-corrected chi connectivity index (χ1v) is 6.51. The molecule has 0 spiro atoms. The van der Waals surface area contributed by atoms with Crippen LogP contribution in [-0.2, 0) is 6.54 Å². The van der Waals surface area contributed by atoms with Gasteiger partial charge in [0, 0.05) is 22.6 Å². The van der Waals surface area contributed by atoms with E-state index in [4.69, 9.17) is 10.5 Å². The highest BCUT2D eigenvalue weighted by Gasteiger charge is 2.20. The Labute approximate surface area is 126 Å². The number of halogens is 3. The largest absolute Gasteiger partial charge is 0.454 e. The molecule has 0 aliphatic carbocycles. The molecule has 0 aromatic heterocycles. The van der Waals surface area contributed by atoms with Crippen molar-refractivity contribution in [1.29, 1.82) is 0 Å². The molecule has 2 rings (SSSR count). The highest BCUT2D eigenvalue weighted by Crippen LogP contribution is 2.32. The van der Waals surface area contributed by atoms with Crippen molar-refractivity contribution < 1.29 is 18.4 Å². The number of nitro benzene ring substituents is 1. The molecule has 0 aliphatic rings. The monoisotopic (exact) mass is 358 g/mol. The van der Waals surface area contributed by atoms with Crippen molar-refractivity contribution in [3.05, 3.63) is 62.1 Å². The Balaban J connectivity index is 2.41. The van der Waals surface area contributed by atoms with Crippen LogP contribution in [0.15, 0.2) is 34.8 Å². The van der Waals surface area contributed by atoms with Gasteiger partial charge < -0.3 is 10.5 Å². The van der Waals surface area contributed by atoms with Gasteiger partial charge in [-0.3, -0.25) is 10.1 Å². The smallest absolute Gasteiger partial charge is 0.307 e. The second kappa shape index (κ2) is 6.15. The number of rotatable bonds is 4. The van der Waals surface area contributed by atoms with Crippen LogP contribution in [0.5, 0.6) is 11.5 Å².